The monoisotopic (exact) mass is 366 g/mol. The number of nitrogens with one attached hydrogen (secondary N) is 2. The first kappa shape index (κ1) is 18.5. The fourth-order valence-corrected chi connectivity index (χ4v) is 3.12. The number of carboxylic acid groups (broad SMARTS) is 1. The van der Waals surface area contributed by atoms with Gasteiger partial charge in [-0.3, -0.25) is 4.79 Å². The number of aromatic amines is 1. The molecular weight excluding hydrogens is 344 g/mol. The number of ether oxygens (including phenoxy) is 1. The first-order chi connectivity index (χ1) is 13.0. The molecular formula is C21H22N2O4. The Kier molecular flexibility index (Phi) is 5.45. The molecule has 2 aromatic carbocycles. The van der Waals surface area contributed by atoms with Crippen molar-refractivity contribution in [3.63, 3.8) is 0 Å². The van der Waals surface area contributed by atoms with E-state index in [0.717, 1.165) is 27.6 Å². The number of H-pyrrole nitrogens is 1. The highest BCUT2D eigenvalue weighted by atomic mass is 16.5. The second-order valence-electron chi connectivity index (χ2n) is 6.53. The number of benzene rings is 2. The van der Waals surface area contributed by atoms with Crippen LogP contribution >= 0.6 is 0 Å². The lowest BCUT2D eigenvalue weighted by Crippen LogP contribution is -2.44. The van der Waals surface area contributed by atoms with Crippen molar-refractivity contribution in [2.24, 2.45) is 0 Å². The molecule has 0 saturated carbocycles. The lowest BCUT2D eigenvalue weighted by molar-refractivity contribution is -0.142. The molecule has 3 aromatic rings. The molecule has 0 radical (unpaired) electrons. The molecule has 6 heteroatoms. The van der Waals surface area contributed by atoms with Crippen molar-refractivity contribution in [1.82, 2.24) is 10.3 Å². The number of fused-ring (bicyclic) bond motifs is 1. The van der Waals surface area contributed by atoms with Crippen LogP contribution in [-0.4, -0.2) is 34.6 Å². The first-order valence-electron chi connectivity index (χ1n) is 8.72. The van der Waals surface area contributed by atoms with Gasteiger partial charge < -0.3 is 20.1 Å². The minimum atomic E-state index is -1.08. The summed E-state index contributed by atoms with van der Waals surface area (Å²) in [7, 11) is 0. The third kappa shape index (κ3) is 4.28. The summed E-state index contributed by atoms with van der Waals surface area (Å²) >= 11 is 0. The average molecular weight is 366 g/mol. The molecule has 3 N–H and O–H groups in total. The van der Waals surface area contributed by atoms with Gasteiger partial charge in [0.05, 0.1) is 0 Å². The lowest BCUT2D eigenvalue weighted by atomic mass is 10.1. The van der Waals surface area contributed by atoms with E-state index in [0.29, 0.717) is 5.75 Å². The van der Waals surface area contributed by atoms with Crippen molar-refractivity contribution in [3.8, 4) is 5.75 Å². The summed E-state index contributed by atoms with van der Waals surface area (Å²) < 4.78 is 5.60. The van der Waals surface area contributed by atoms with Gasteiger partial charge in [0, 0.05) is 23.5 Å². The Morgan fingerprint density at radius 2 is 1.81 bits per heavy atom. The molecule has 0 unspecified atom stereocenters. The fourth-order valence-electron chi connectivity index (χ4n) is 3.12. The number of carbonyl (C=O) groups excluding carboxylic acids is 1. The van der Waals surface area contributed by atoms with Gasteiger partial charge in [-0.05, 0) is 36.6 Å². The van der Waals surface area contributed by atoms with E-state index in [1.807, 2.05) is 56.3 Å². The van der Waals surface area contributed by atoms with Gasteiger partial charge in [0.25, 0.3) is 5.91 Å². The second kappa shape index (κ2) is 7.95. The number of aliphatic carboxylic acids is 1. The van der Waals surface area contributed by atoms with Crippen molar-refractivity contribution in [2.45, 2.75) is 26.3 Å². The number of amides is 1. The number of aryl methyl sites for hydroxylation is 2. The molecule has 27 heavy (non-hydrogen) atoms. The molecule has 0 aliphatic rings. The van der Waals surface area contributed by atoms with Crippen molar-refractivity contribution >= 4 is 22.8 Å². The standard InChI is InChI=1S/C21H22N2O4/c1-13-6-5-7-14(2)20(13)27-12-19(24)23-18(21(25)26)10-15-11-22-17-9-4-3-8-16(15)17/h3-9,11,18,22H,10,12H2,1-2H3,(H,23,24)(H,25,26)/t18-/m0/s1. The van der Waals surface area contributed by atoms with Crippen LogP contribution in [0.1, 0.15) is 16.7 Å². The van der Waals surface area contributed by atoms with E-state index in [9.17, 15) is 14.7 Å². The number of hydrogen-bond donors (Lipinski definition) is 3. The predicted octanol–water partition coefficient (Wildman–Crippen LogP) is 2.98. The number of para-hydroxylation sites is 2. The molecule has 1 atom stereocenters. The third-order valence-corrected chi connectivity index (χ3v) is 4.49. The summed E-state index contributed by atoms with van der Waals surface area (Å²) in [5.41, 5.74) is 3.63. The van der Waals surface area contributed by atoms with Crippen LogP contribution in [0.5, 0.6) is 5.75 Å². The van der Waals surface area contributed by atoms with Crippen molar-refractivity contribution in [1.29, 1.82) is 0 Å². The normalized spacial score (nSPS) is 11.9. The number of aromatic nitrogens is 1. The van der Waals surface area contributed by atoms with E-state index in [1.165, 1.54) is 0 Å². The lowest BCUT2D eigenvalue weighted by Gasteiger charge is -2.16. The van der Waals surface area contributed by atoms with Crippen LogP contribution < -0.4 is 10.1 Å². The zero-order valence-corrected chi connectivity index (χ0v) is 15.3. The van der Waals surface area contributed by atoms with Gasteiger partial charge in [-0.1, -0.05) is 36.4 Å². The molecule has 0 bridgehead atoms. The molecule has 1 amide bonds. The number of hydrogen-bond acceptors (Lipinski definition) is 3. The van der Waals surface area contributed by atoms with E-state index in [-0.39, 0.29) is 13.0 Å². The second-order valence-corrected chi connectivity index (χ2v) is 6.53. The molecule has 0 fully saturated rings. The molecule has 6 nitrogen and oxygen atoms in total. The highest BCUT2D eigenvalue weighted by Gasteiger charge is 2.22. The highest BCUT2D eigenvalue weighted by Crippen LogP contribution is 2.22. The fraction of sp³-hybridized carbons (Fsp3) is 0.238. The molecule has 3 rings (SSSR count). The van der Waals surface area contributed by atoms with Crippen LogP contribution in [0.25, 0.3) is 10.9 Å². The summed E-state index contributed by atoms with van der Waals surface area (Å²) in [6, 6.07) is 12.3. The molecule has 0 spiro atoms. The van der Waals surface area contributed by atoms with Gasteiger partial charge in [0.15, 0.2) is 6.61 Å². The maximum absolute atomic E-state index is 12.2. The smallest absolute Gasteiger partial charge is 0.326 e. The van der Waals surface area contributed by atoms with Crippen molar-refractivity contribution < 1.29 is 19.4 Å². The van der Waals surface area contributed by atoms with E-state index in [4.69, 9.17) is 4.74 Å². The van der Waals surface area contributed by atoms with E-state index in [1.54, 1.807) is 6.20 Å². The topological polar surface area (TPSA) is 91.4 Å². The molecule has 1 aromatic heterocycles. The zero-order valence-electron chi connectivity index (χ0n) is 15.3. The summed E-state index contributed by atoms with van der Waals surface area (Å²) in [5.74, 6) is -0.901. The van der Waals surface area contributed by atoms with Crippen LogP contribution in [-0.2, 0) is 16.0 Å². The Bertz CT molecular complexity index is 957. The minimum absolute atomic E-state index is 0.189. The van der Waals surface area contributed by atoms with E-state index in [2.05, 4.69) is 10.3 Å². The largest absolute Gasteiger partial charge is 0.483 e. The van der Waals surface area contributed by atoms with Gasteiger partial charge in [-0.2, -0.15) is 0 Å². The van der Waals surface area contributed by atoms with Gasteiger partial charge in [0.1, 0.15) is 11.8 Å². The molecule has 1 heterocycles. The Morgan fingerprint density at radius 1 is 1.11 bits per heavy atom. The Balaban J connectivity index is 1.65. The summed E-state index contributed by atoms with van der Waals surface area (Å²) in [6.45, 7) is 3.57. The van der Waals surface area contributed by atoms with Gasteiger partial charge in [-0.25, -0.2) is 4.79 Å². The SMILES string of the molecule is Cc1cccc(C)c1OCC(=O)N[C@@H](Cc1c[nH]c2ccccc12)C(=O)O. The molecule has 0 aliphatic heterocycles. The summed E-state index contributed by atoms with van der Waals surface area (Å²) in [5, 5.41) is 13.0. The van der Waals surface area contributed by atoms with Crippen LogP contribution in [0.4, 0.5) is 0 Å². The van der Waals surface area contributed by atoms with Crippen LogP contribution in [0.2, 0.25) is 0 Å². The number of carboxylic acids is 1. The average Bonchev–Trinajstić information content (AvgIpc) is 3.04. The van der Waals surface area contributed by atoms with Crippen molar-refractivity contribution in [2.75, 3.05) is 6.61 Å². The van der Waals surface area contributed by atoms with Gasteiger partial charge in [-0.15, -0.1) is 0 Å². The maximum atomic E-state index is 12.2. The number of rotatable bonds is 7. The third-order valence-electron chi connectivity index (χ3n) is 4.49. The zero-order chi connectivity index (χ0) is 19.4. The Morgan fingerprint density at radius 3 is 2.52 bits per heavy atom. The quantitative estimate of drug-likeness (QED) is 0.599. The maximum Gasteiger partial charge on any atom is 0.326 e. The molecule has 140 valence electrons. The van der Waals surface area contributed by atoms with Crippen LogP contribution in [0.15, 0.2) is 48.7 Å². The Hall–Kier alpha value is -3.28. The minimum Gasteiger partial charge on any atom is -0.483 e. The van der Waals surface area contributed by atoms with Gasteiger partial charge >= 0.3 is 5.97 Å². The predicted molar refractivity (Wildman–Crippen MR) is 103 cm³/mol. The van der Waals surface area contributed by atoms with E-state index < -0.39 is 17.9 Å². The van der Waals surface area contributed by atoms with Crippen LogP contribution in [0.3, 0.4) is 0 Å². The Labute approximate surface area is 157 Å². The van der Waals surface area contributed by atoms with Crippen LogP contribution in [0, 0.1) is 13.8 Å². The highest BCUT2D eigenvalue weighted by molar-refractivity contribution is 5.87. The first-order valence-corrected chi connectivity index (χ1v) is 8.72. The van der Waals surface area contributed by atoms with Gasteiger partial charge in [0.2, 0.25) is 0 Å². The molecule has 0 saturated heterocycles. The summed E-state index contributed by atoms with van der Waals surface area (Å²) in [4.78, 5) is 27.0. The number of carbonyl (C=O) groups is 2. The summed E-state index contributed by atoms with van der Waals surface area (Å²) in [6.07, 6.45) is 1.97. The van der Waals surface area contributed by atoms with Crippen molar-refractivity contribution in [3.05, 3.63) is 65.4 Å². The van der Waals surface area contributed by atoms with E-state index >= 15 is 0 Å². The molecule has 0 aliphatic carbocycles.